The van der Waals surface area contributed by atoms with Gasteiger partial charge in [0, 0.05) is 31.1 Å². The number of nitrogens with one attached hydrogen (secondary N) is 1. The van der Waals surface area contributed by atoms with Crippen molar-refractivity contribution < 1.29 is 19.1 Å². The highest BCUT2D eigenvalue weighted by Crippen LogP contribution is 2.32. The zero-order chi connectivity index (χ0) is 19.3. The number of hydrogen-bond donors (Lipinski definition) is 1. The molecule has 2 aromatic rings. The van der Waals surface area contributed by atoms with Crippen LogP contribution in [0.15, 0.2) is 48.5 Å². The molecule has 6 heteroatoms. The highest BCUT2D eigenvalue weighted by Gasteiger charge is 2.24. The molecule has 2 heterocycles. The number of nitrogens with zero attached hydrogens (tertiary/aromatic N) is 1. The predicted octanol–water partition coefficient (Wildman–Crippen LogP) is 2.77. The van der Waals surface area contributed by atoms with Crippen molar-refractivity contribution in [1.29, 1.82) is 0 Å². The third-order valence-corrected chi connectivity index (χ3v) is 5.29. The van der Waals surface area contributed by atoms with E-state index in [1.54, 1.807) is 18.2 Å². The van der Waals surface area contributed by atoms with Crippen molar-refractivity contribution in [1.82, 2.24) is 10.2 Å². The number of piperidine rings is 1. The summed E-state index contributed by atoms with van der Waals surface area (Å²) < 4.78 is 10.6. The SMILES string of the molecule is O=C(NC1CCN(C(=O)CCc2ccccc2)CC1)c1ccc2c(c1)OCO2. The van der Waals surface area contributed by atoms with Crippen molar-refractivity contribution in [3.63, 3.8) is 0 Å². The summed E-state index contributed by atoms with van der Waals surface area (Å²) in [4.78, 5) is 26.9. The maximum atomic E-state index is 12.5. The topological polar surface area (TPSA) is 67.9 Å². The maximum absolute atomic E-state index is 12.5. The van der Waals surface area contributed by atoms with Crippen LogP contribution >= 0.6 is 0 Å². The van der Waals surface area contributed by atoms with E-state index in [1.165, 1.54) is 5.56 Å². The Hall–Kier alpha value is -3.02. The van der Waals surface area contributed by atoms with Gasteiger partial charge in [0.15, 0.2) is 11.5 Å². The number of ether oxygens (including phenoxy) is 2. The van der Waals surface area contributed by atoms with Crippen molar-refractivity contribution in [3.05, 3.63) is 59.7 Å². The van der Waals surface area contributed by atoms with Crippen molar-refractivity contribution >= 4 is 11.8 Å². The zero-order valence-corrected chi connectivity index (χ0v) is 15.7. The predicted molar refractivity (Wildman–Crippen MR) is 104 cm³/mol. The van der Waals surface area contributed by atoms with E-state index in [-0.39, 0.29) is 24.6 Å². The molecule has 0 radical (unpaired) electrons. The highest BCUT2D eigenvalue weighted by molar-refractivity contribution is 5.95. The molecule has 4 rings (SSSR count). The van der Waals surface area contributed by atoms with Gasteiger partial charge in [-0.3, -0.25) is 9.59 Å². The first-order chi connectivity index (χ1) is 13.7. The molecule has 2 aliphatic rings. The Labute approximate surface area is 164 Å². The zero-order valence-electron chi connectivity index (χ0n) is 15.7. The Morgan fingerprint density at radius 2 is 1.75 bits per heavy atom. The molecule has 28 heavy (non-hydrogen) atoms. The quantitative estimate of drug-likeness (QED) is 0.866. The Bertz CT molecular complexity index is 845. The lowest BCUT2D eigenvalue weighted by molar-refractivity contribution is -0.132. The molecular formula is C22H24N2O4. The van der Waals surface area contributed by atoms with Crippen LogP contribution in [-0.4, -0.2) is 42.6 Å². The fourth-order valence-corrected chi connectivity index (χ4v) is 3.63. The first-order valence-corrected chi connectivity index (χ1v) is 9.71. The van der Waals surface area contributed by atoms with Crippen molar-refractivity contribution in [3.8, 4) is 11.5 Å². The molecule has 0 aromatic heterocycles. The second-order valence-corrected chi connectivity index (χ2v) is 7.18. The van der Waals surface area contributed by atoms with Gasteiger partial charge >= 0.3 is 0 Å². The van der Waals surface area contributed by atoms with E-state index in [9.17, 15) is 9.59 Å². The summed E-state index contributed by atoms with van der Waals surface area (Å²) in [6.07, 6.45) is 2.83. The maximum Gasteiger partial charge on any atom is 0.251 e. The van der Waals surface area contributed by atoms with Crippen LogP contribution < -0.4 is 14.8 Å². The molecule has 0 unspecified atom stereocenters. The summed E-state index contributed by atoms with van der Waals surface area (Å²) in [7, 11) is 0. The van der Waals surface area contributed by atoms with Gasteiger partial charge in [-0.05, 0) is 43.0 Å². The lowest BCUT2D eigenvalue weighted by atomic mass is 10.0. The number of likely N-dealkylation sites (tertiary alicyclic amines) is 1. The summed E-state index contributed by atoms with van der Waals surface area (Å²) in [5, 5.41) is 3.07. The van der Waals surface area contributed by atoms with Crippen LogP contribution in [0.1, 0.15) is 35.2 Å². The second-order valence-electron chi connectivity index (χ2n) is 7.18. The number of aryl methyl sites for hydroxylation is 1. The summed E-state index contributed by atoms with van der Waals surface area (Å²) in [6, 6.07) is 15.3. The van der Waals surface area contributed by atoms with E-state index in [0.29, 0.717) is 36.6 Å². The lowest BCUT2D eigenvalue weighted by Crippen LogP contribution is -2.46. The number of hydrogen-bond acceptors (Lipinski definition) is 4. The van der Waals surface area contributed by atoms with E-state index in [4.69, 9.17) is 9.47 Å². The molecule has 0 atom stereocenters. The standard InChI is InChI=1S/C22H24N2O4/c25-21(9-6-16-4-2-1-3-5-16)24-12-10-18(11-13-24)23-22(26)17-7-8-19-20(14-17)28-15-27-19/h1-5,7-8,14,18H,6,9-13,15H2,(H,23,26). The highest BCUT2D eigenvalue weighted by atomic mass is 16.7. The average Bonchev–Trinajstić information content (AvgIpc) is 3.21. The Morgan fingerprint density at radius 3 is 2.54 bits per heavy atom. The largest absolute Gasteiger partial charge is 0.454 e. The average molecular weight is 380 g/mol. The van der Waals surface area contributed by atoms with E-state index in [1.807, 2.05) is 35.2 Å². The molecule has 2 aliphatic heterocycles. The van der Waals surface area contributed by atoms with Crippen LogP contribution in [0.5, 0.6) is 11.5 Å². The number of benzene rings is 2. The molecule has 0 bridgehead atoms. The van der Waals surface area contributed by atoms with Gasteiger partial charge in [-0.2, -0.15) is 0 Å². The molecular weight excluding hydrogens is 356 g/mol. The van der Waals surface area contributed by atoms with E-state index < -0.39 is 0 Å². The number of carbonyl (C=O) groups excluding carboxylic acids is 2. The molecule has 6 nitrogen and oxygen atoms in total. The summed E-state index contributed by atoms with van der Waals surface area (Å²) in [5.74, 6) is 1.34. The van der Waals surface area contributed by atoms with Crippen LogP contribution in [0.25, 0.3) is 0 Å². The first-order valence-electron chi connectivity index (χ1n) is 9.71. The fraction of sp³-hybridized carbons (Fsp3) is 0.364. The molecule has 0 spiro atoms. The molecule has 1 fully saturated rings. The Morgan fingerprint density at radius 1 is 1.00 bits per heavy atom. The Balaban J connectivity index is 1.23. The van der Waals surface area contributed by atoms with Gasteiger partial charge in [-0.15, -0.1) is 0 Å². The summed E-state index contributed by atoms with van der Waals surface area (Å²) >= 11 is 0. The first kappa shape index (κ1) is 18.3. The molecule has 1 N–H and O–H groups in total. The minimum absolute atomic E-state index is 0.0797. The van der Waals surface area contributed by atoms with Crippen LogP contribution in [0.2, 0.25) is 0 Å². The third kappa shape index (κ3) is 4.27. The van der Waals surface area contributed by atoms with Crippen LogP contribution in [0, 0.1) is 0 Å². The number of amides is 2. The molecule has 2 aromatic carbocycles. The number of carbonyl (C=O) groups is 2. The van der Waals surface area contributed by atoms with Gasteiger partial charge < -0.3 is 19.7 Å². The van der Waals surface area contributed by atoms with Gasteiger partial charge in [0.1, 0.15) is 0 Å². The molecule has 2 amide bonds. The number of fused-ring (bicyclic) bond motifs is 1. The minimum Gasteiger partial charge on any atom is -0.454 e. The molecule has 0 aliphatic carbocycles. The molecule has 146 valence electrons. The van der Waals surface area contributed by atoms with Crippen molar-refractivity contribution in [2.24, 2.45) is 0 Å². The van der Waals surface area contributed by atoms with Crippen LogP contribution in [0.4, 0.5) is 0 Å². The van der Waals surface area contributed by atoms with E-state index in [2.05, 4.69) is 5.32 Å². The Kier molecular flexibility index (Phi) is 5.46. The monoisotopic (exact) mass is 380 g/mol. The summed E-state index contributed by atoms with van der Waals surface area (Å²) in [5.41, 5.74) is 1.74. The smallest absolute Gasteiger partial charge is 0.251 e. The van der Waals surface area contributed by atoms with Crippen molar-refractivity contribution in [2.45, 2.75) is 31.7 Å². The van der Waals surface area contributed by atoms with Gasteiger partial charge in [-0.25, -0.2) is 0 Å². The van der Waals surface area contributed by atoms with Gasteiger partial charge in [-0.1, -0.05) is 30.3 Å². The number of rotatable bonds is 5. The second kappa shape index (κ2) is 8.33. The van der Waals surface area contributed by atoms with Crippen molar-refractivity contribution in [2.75, 3.05) is 19.9 Å². The van der Waals surface area contributed by atoms with Crippen LogP contribution in [0.3, 0.4) is 0 Å². The van der Waals surface area contributed by atoms with Crippen LogP contribution in [-0.2, 0) is 11.2 Å². The fourth-order valence-electron chi connectivity index (χ4n) is 3.63. The van der Waals surface area contributed by atoms with E-state index in [0.717, 1.165) is 19.3 Å². The third-order valence-electron chi connectivity index (χ3n) is 5.29. The van der Waals surface area contributed by atoms with Gasteiger partial charge in [0.2, 0.25) is 12.7 Å². The summed E-state index contributed by atoms with van der Waals surface area (Å²) in [6.45, 7) is 1.55. The lowest BCUT2D eigenvalue weighted by Gasteiger charge is -2.32. The van der Waals surface area contributed by atoms with E-state index >= 15 is 0 Å². The molecule has 1 saturated heterocycles. The normalized spacial score (nSPS) is 16.1. The van der Waals surface area contributed by atoms with Gasteiger partial charge in [0.25, 0.3) is 5.91 Å². The minimum atomic E-state index is -0.118. The molecule has 0 saturated carbocycles. The van der Waals surface area contributed by atoms with Gasteiger partial charge in [0.05, 0.1) is 0 Å².